The summed E-state index contributed by atoms with van der Waals surface area (Å²) in [5.74, 6) is 0. The van der Waals surface area contributed by atoms with Crippen molar-refractivity contribution in [3.8, 4) is 0 Å². The quantitative estimate of drug-likeness (QED) is 0.421. The molecule has 8 nitrogen and oxygen atoms in total. The van der Waals surface area contributed by atoms with Crippen LogP contribution in [-0.2, 0) is 32.7 Å². The van der Waals surface area contributed by atoms with Gasteiger partial charge in [0.15, 0.2) is 0 Å². The Hall–Kier alpha value is 1.09. The molecule has 0 atom stereocenters. The zero-order chi connectivity index (χ0) is 7.15. The van der Waals surface area contributed by atoms with Gasteiger partial charge in [-0.25, -0.2) is 0 Å². The third-order valence-corrected chi connectivity index (χ3v) is 0. The molecule has 0 rings (SSSR count). The van der Waals surface area contributed by atoms with Crippen LogP contribution in [0.2, 0.25) is 0 Å². The minimum absolute atomic E-state index is 0. The fourth-order valence-corrected chi connectivity index (χ4v) is 0. The summed E-state index contributed by atoms with van der Waals surface area (Å²) in [6.45, 7) is 0. The fourth-order valence-electron chi connectivity index (χ4n) is 0. The van der Waals surface area contributed by atoms with E-state index in [2.05, 4.69) is 0 Å². The van der Waals surface area contributed by atoms with E-state index in [1.165, 1.54) is 0 Å². The number of hydrogen-bond donors (Lipinski definition) is 0. The standard InChI is InChI=1S/Eu.2NO3.Y/c;2*2-1(3)4;/q+3;2*-1;+3. The molecule has 0 aliphatic heterocycles. The van der Waals surface area contributed by atoms with Gasteiger partial charge in [0.05, 0.1) is 10.2 Å². The van der Waals surface area contributed by atoms with Crippen LogP contribution in [0, 0.1) is 80.0 Å². The van der Waals surface area contributed by atoms with E-state index in [-0.39, 0.29) is 82.1 Å². The van der Waals surface area contributed by atoms with Crippen LogP contribution in [0.3, 0.4) is 0 Å². The maximum absolute atomic E-state index is 8.25. The summed E-state index contributed by atoms with van der Waals surface area (Å²) in [7, 11) is 0. The Balaban J connectivity index is -0.0000000300. The molecule has 0 aromatic heterocycles. The molecule has 0 amide bonds. The molecule has 10 heteroatoms. The molecule has 0 aromatic rings. The molecule has 0 N–H and O–H groups in total. The van der Waals surface area contributed by atoms with E-state index in [4.69, 9.17) is 30.6 Å². The molecular formula is EuN2O6Y+4. The first-order valence-corrected chi connectivity index (χ1v) is 1.10. The van der Waals surface area contributed by atoms with Crippen molar-refractivity contribution in [2.24, 2.45) is 0 Å². The predicted octanol–water partition coefficient (Wildman–Crippen LogP) is -0.481. The first kappa shape index (κ1) is 22.5. The average Bonchev–Trinajstić information content (AvgIpc) is 1.25. The predicted molar refractivity (Wildman–Crippen MR) is 20.7 cm³/mol. The summed E-state index contributed by atoms with van der Waals surface area (Å²) in [4.78, 5) is 16.5. The van der Waals surface area contributed by atoms with Gasteiger partial charge in [-0.2, -0.15) is 0 Å². The molecule has 0 radical (unpaired) electrons. The Morgan fingerprint density at radius 3 is 0.800 bits per heavy atom. The van der Waals surface area contributed by atoms with E-state index in [1.54, 1.807) is 0 Å². The van der Waals surface area contributed by atoms with Gasteiger partial charge in [0.1, 0.15) is 0 Å². The fraction of sp³-hybridized carbons (Fsp3) is 0. The zero-order valence-electron chi connectivity index (χ0n) is 4.30. The summed E-state index contributed by atoms with van der Waals surface area (Å²) < 4.78 is 0. The molecule has 52 valence electrons. The Bertz CT molecular complexity index is 73.7. The van der Waals surface area contributed by atoms with Crippen LogP contribution in [0.5, 0.6) is 0 Å². The van der Waals surface area contributed by atoms with Crippen molar-refractivity contribution in [3.05, 3.63) is 30.6 Å². The Kier molecular flexibility index (Phi) is 37.2. The molecule has 0 saturated heterocycles. The van der Waals surface area contributed by atoms with Crippen molar-refractivity contribution in [2.45, 2.75) is 0 Å². The molecule has 0 fully saturated rings. The number of hydrogen-bond acceptors (Lipinski definition) is 6. The van der Waals surface area contributed by atoms with E-state index in [0.717, 1.165) is 0 Å². The van der Waals surface area contributed by atoms with Crippen molar-refractivity contribution in [2.75, 3.05) is 0 Å². The molecular weight excluding hydrogens is 365 g/mol. The molecule has 0 aliphatic carbocycles. The maximum atomic E-state index is 8.25. The zero-order valence-corrected chi connectivity index (χ0v) is 9.56. The second kappa shape index (κ2) is 16.6. The molecule has 0 aliphatic rings. The summed E-state index contributed by atoms with van der Waals surface area (Å²) >= 11 is 0. The van der Waals surface area contributed by atoms with Crippen molar-refractivity contribution in [1.82, 2.24) is 0 Å². The van der Waals surface area contributed by atoms with Gasteiger partial charge in [-0.1, -0.05) is 0 Å². The Morgan fingerprint density at radius 1 is 0.800 bits per heavy atom. The van der Waals surface area contributed by atoms with E-state index < -0.39 is 10.2 Å². The van der Waals surface area contributed by atoms with Crippen molar-refractivity contribution in [3.63, 3.8) is 0 Å². The van der Waals surface area contributed by atoms with Crippen LogP contribution in [0.15, 0.2) is 0 Å². The van der Waals surface area contributed by atoms with Gasteiger partial charge >= 0.3 is 82.1 Å². The normalized spacial score (nSPS) is 4.80. The van der Waals surface area contributed by atoms with Gasteiger partial charge in [-0.15, -0.1) is 0 Å². The molecule has 0 unspecified atom stereocenters. The molecule has 0 saturated carbocycles. The second-order valence-corrected chi connectivity index (χ2v) is 0.447. The first-order valence-electron chi connectivity index (χ1n) is 1.10. The van der Waals surface area contributed by atoms with Crippen LogP contribution in [0.4, 0.5) is 0 Å². The minimum Gasteiger partial charge on any atom is -0.356 e. The molecule has 0 aromatic carbocycles. The molecule has 0 heterocycles. The summed E-state index contributed by atoms with van der Waals surface area (Å²) in [6.07, 6.45) is 0. The SMILES string of the molecule is O=[N+]([O-])[O-].O=[N+]([O-])[O-].[Eu+3].[Y+3]. The van der Waals surface area contributed by atoms with Crippen LogP contribution >= 0.6 is 0 Å². The summed E-state index contributed by atoms with van der Waals surface area (Å²) in [5.41, 5.74) is 0. The van der Waals surface area contributed by atoms with Crippen LogP contribution in [0.25, 0.3) is 0 Å². The van der Waals surface area contributed by atoms with Crippen LogP contribution in [0.1, 0.15) is 0 Å². The first-order chi connectivity index (χ1) is 3.46. The summed E-state index contributed by atoms with van der Waals surface area (Å²) in [5, 5.41) is 29.5. The number of rotatable bonds is 0. The van der Waals surface area contributed by atoms with Gasteiger partial charge in [0.25, 0.3) is 0 Å². The van der Waals surface area contributed by atoms with Crippen molar-refractivity contribution in [1.29, 1.82) is 0 Å². The van der Waals surface area contributed by atoms with Gasteiger partial charge in [0.2, 0.25) is 0 Å². The van der Waals surface area contributed by atoms with Crippen molar-refractivity contribution < 1.29 is 92.3 Å². The molecule has 0 spiro atoms. The second-order valence-electron chi connectivity index (χ2n) is 0.447. The van der Waals surface area contributed by atoms with Crippen LogP contribution < -0.4 is 0 Å². The van der Waals surface area contributed by atoms with Gasteiger partial charge in [0, 0.05) is 0 Å². The third-order valence-electron chi connectivity index (χ3n) is 0. The molecule has 10 heavy (non-hydrogen) atoms. The Labute approximate surface area is 121 Å². The van der Waals surface area contributed by atoms with Gasteiger partial charge in [-0.3, -0.25) is 0 Å². The smallest absolute Gasteiger partial charge is 0.356 e. The minimum atomic E-state index is -1.75. The van der Waals surface area contributed by atoms with E-state index in [1.807, 2.05) is 0 Å². The molecule has 0 bridgehead atoms. The van der Waals surface area contributed by atoms with E-state index >= 15 is 0 Å². The van der Waals surface area contributed by atoms with Crippen LogP contribution in [-0.4, -0.2) is 10.2 Å². The van der Waals surface area contributed by atoms with Gasteiger partial charge < -0.3 is 30.6 Å². The maximum Gasteiger partial charge on any atom is 3.00 e. The summed E-state index contributed by atoms with van der Waals surface area (Å²) in [6, 6.07) is 0. The van der Waals surface area contributed by atoms with Crippen molar-refractivity contribution >= 4 is 0 Å². The Morgan fingerprint density at radius 2 is 0.800 bits per heavy atom. The third kappa shape index (κ3) is 502. The monoisotopic (exact) mass is 366 g/mol. The topological polar surface area (TPSA) is 132 Å². The largest absolute Gasteiger partial charge is 3.00 e. The van der Waals surface area contributed by atoms with Gasteiger partial charge in [-0.05, 0) is 0 Å². The van der Waals surface area contributed by atoms with E-state index in [0.29, 0.717) is 0 Å². The number of nitrogens with zero attached hydrogens (tertiary/aromatic N) is 2. The van der Waals surface area contributed by atoms with E-state index in [9.17, 15) is 0 Å². The average molecular weight is 365 g/mol.